The zero-order valence-electron chi connectivity index (χ0n) is 17.3. The smallest absolute Gasteiger partial charge is 0.0708 e. The first kappa shape index (κ1) is 18.6. The quantitative estimate of drug-likeness (QED) is 0.449. The van der Waals surface area contributed by atoms with Crippen molar-refractivity contribution in [2.45, 2.75) is 57.3 Å². The molecule has 1 nitrogen and oxygen atoms in total. The Kier molecular flexibility index (Phi) is 5.47. The first-order valence-corrected chi connectivity index (χ1v) is 11.5. The van der Waals surface area contributed by atoms with Crippen molar-refractivity contribution in [2.24, 2.45) is 11.8 Å². The Balaban J connectivity index is 1.44. The maximum absolute atomic E-state index is 4.61. The van der Waals surface area contributed by atoms with Gasteiger partial charge >= 0.3 is 0 Å². The summed E-state index contributed by atoms with van der Waals surface area (Å²) in [4.78, 5) is 4.61. The third-order valence-electron chi connectivity index (χ3n) is 7.21. The van der Waals surface area contributed by atoms with Crippen LogP contribution >= 0.6 is 0 Å². The minimum Gasteiger partial charge on any atom is -0.256 e. The molecule has 0 unspecified atom stereocenters. The minimum atomic E-state index is 0.737. The molecule has 1 heterocycles. The van der Waals surface area contributed by atoms with Crippen LogP contribution in [0.1, 0.15) is 62.8 Å². The molecule has 3 fully saturated rings. The van der Waals surface area contributed by atoms with Crippen LogP contribution in [-0.2, 0) is 0 Å². The standard InChI is InChI=1S/C28H31N/c1-2-11-23(12-3-1)28-20-26(15-16-29-28)24-13-6-14-25(19-24)27-17-21-7-4-8-22(18-27)10-5-9-21/h1-3,6,11-16,19-22,27H,4-5,7-10,17-18H2. The summed E-state index contributed by atoms with van der Waals surface area (Å²) in [5.74, 6) is 2.62. The number of hydrogen-bond acceptors (Lipinski definition) is 1. The van der Waals surface area contributed by atoms with Gasteiger partial charge in [0.05, 0.1) is 5.69 Å². The molecule has 0 atom stereocenters. The van der Waals surface area contributed by atoms with Gasteiger partial charge in [-0.15, -0.1) is 0 Å². The molecule has 29 heavy (non-hydrogen) atoms. The molecule has 1 aromatic heterocycles. The fourth-order valence-corrected chi connectivity index (χ4v) is 5.67. The number of hydrogen-bond donors (Lipinski definition) is 0. The number of pyridine rings is 1. The van der Waals surface area contributed by atoms with Gasteiger partial charge in [-0.05, 0) is 59.4 Å². The highest BCUT2D eigenvalue weighted by atomic mass is 14.7. The lowest BCUT2D eigenvalue weighted by molar-refractivity contribution is 0.226. The van der Waals surface area contributed by atoms with Crippen LogP contribution in [0.2, 0.25) is 0 Å². The summed E-state index contributed by atoms with van der Waals surface area (Å²) in [5, 5.41) is 0. The van der Waals surface area contributed by atoms with Crippen LogP contribution < -0.4 is 0 Å². The molecule has 0 amide bonds. The van der Waals surface area contributed by atoms with Crippen LogP contribution in [0.3, 0.4) is 0 Å². The number of aromatic nitrogens is 1. The zero-order chi connectivity index (χ0) is 19.5. The number of rotatable bonds is 3. The predicted octanol–water partition coefficient (Wildman–Crippen LogP) is 7.88. The summed E-state index contributed by atoms with van der Waals surface area (Å²) in [6.07, 6.45) is 13.5. The summed E-state index contributed by atoms with van der Waals surface area (Å²) >= 11 is 0. The van der Waals surface area contributed by atoms with Crippen molar-refractivity contribution >= 4 is 0 Å². The third kappa shape index (κ3) is 4.29. The van der Waals surface area contributed by atoms with Crippen molar-refractivity contribution in [3.8, 4) is 22.4 Å². The molecule has 2 bridgehead atoms. The lowest BCUT2D eigenvalue weighted by Crippen LogP contribution is -2.20. The Morgan fingerprint density at radius 3 is 2.00 bits per heavy atom. The molecule has 3 aromatic rings. The second-order valence-corrected chi connectivity index (χ2v) is 9.18. The highest BCUT2D eigenvalue weighted by Gasteiger charge is 2.27. The Labute approximate surface area is 175 Å². The summed E-state index contributed by atoms with van der Waals surface area (Å²) in [5.41, 5.74) is 6.38. The highest BCUT2D eigenvalue weighted by Crippen LogP contribution is 2.43. The molecule has 3 saturated carbocycles. The normalized spacial score (nSPS) is 24.5. The Bertz CT molecular complexity index is 921. The van der Waals surface area contributed by atoms with Gasteiger partial charge < -0.3 is 0 Å². The zero-order valence-corrected chi connectivity index (χ0v) is 17.3. The molecule has 0 spiro atoms. The van der Waals surface area contributed by atoms with Gasteiger partial charge in [-0.25, -0.2) is 0 Å². The van der Waals surface area contributed by atoms with Crippen LogP contribution in [-0.4, -0.2) is 4.98 Å². The van der Waals surface area contributed by atoms with Crippen molar-refractivity contribution in [2.75, 3.05) is 0 Å². The van der Waals surface area contributed by atoms with E-state index in [1.165, 1.54) is 68.1 Å². The van der Waals surface area contributed by atoms with E-state index >= 15 is 0 Å². The van der Waals surface area contributed by atoms with Gasteiger partial charge in [0, 0.05) is 11.8 Å². The van der Waals surface area contributed by atoms with E-state index in [-0.39, 0.29) is 0 Å². The average molecular weight is 382 g/mol. The van der Waals surface area contributed by atoms with Crippen LogP contribution in [0.4, 0.5) is 0 Å². The first-order chi connectivity index (χ1) is 14.3. The molecule has 0 N–H and O–H groups in total. The van der Waals surface area contributed by atoms with Crippen molar-refractivity contribution in [1.82, 2.24) is 4.98 Å². The fourth-order valence-electron chi connectivity index (χ4n) is 5.67. The maximum Gasteiger partial charge on any atom is 0.0708 e. The molecule has 0 aliphatic heterocycles. The lowest BCUT2D eigenvalue weighted by Gasteiger charge is -2.34. The van der Waals surface area contributed by atoms with E-state index in [1.54, 1.807) is 5.56 Å². The van der Waals surface area contributed by atoms with Crippen molar-refractivity contribution in [1.29, 1.82) is 0 Å². The first-order valence-electron chi connectivity index (χ1n) is 11.5. The van der Waals surface area contributed by atoms with Crippen LogP contribution in [0.25, 0.3) is 22.4 Å². The van der Waals surface area contributed by atoms with E-state index in [4.69, 9.17) is 0 Å². The van der Waals surface area contributed by atoms with E-state index < -0.39 is 0 Å². The van der Waals surface area contributed by atoms with E-state index in [1.807, 2.05) is 6.20 Å². The number of benzene rings is 2. The summed E-state index contributed by atoms with van der Waals surface area (Å²) in [6, 6.07) is 24.2. The van der Waals surface area contributed by atoms with Gasteiger partial charge in [0.15, 0.2) is 0 Å². The van der Waals surface area contributed by atoms with E-state index in [2.05, 4.69) is 71.7 Å². The molecule has 1 heteroatoms. The third-order valence-corrected chi connectivity index (χ3v) is 7.21. The molecule has 3 aliphatic rings. The van der Waals surface area contributed by atoms with Gasteiger partial charge in [0.1, 0.15) is 0 Å². The summed E-state index contributed by atoms with van der Waals surface area (Å²) < 4.78 is 0. The monoisotopic (exact) mass is 381 g/mol. The molecular weight excluding hydrogens is 350 g/mol. The highest BCUT2D eigenvalue weighted by molar-refractivity contribution is 5.70. The van der Waals surface area contributed by atoms with Crippen molar-refractivity contribution in [3.63, 3.8) is 0 Å². The molecule has 148 valence electrons. The SMILES string of the molecule is c1ccc(-c2cc(-c3cccc(C4CC5CCCC(CCC5)C4)c3)ccn2)cc1. The van der Waals surface area contributed by atoms with Gasteiger partial charge in [-0.3, -0.25) is 4.98 Å². The van der Waals surface area contributed by atoms with Gasteiger partial charge in [-0.1, -0.05) is 93.1 Å². The van der Waals surface area contributed by atoms with E-state index in [9.17, 15) is 0 Å². The van der Waals surface area contributed by atoms with Gasteiger partial charge in [0.2, 0.25) is 0 Å². The van der Waals surface area contributed by atoms with Crippen LogP contribution in [0.15, 0.2) is 72.9 Å². The largest absolute Gasteiger partial charge is 0.256 e. The van der Waals surface area contributed by atoms with Crippen LogP contribution in [0.5, 0.6) is 0 Å². The lowest BCUT2D eigenvalue weighted by atomic mass is 9.71. The second-order valence-electron chi connectivity index (χ2n) is 9.18. The molecule has 0 radical (unpaired) electrons. The number of fused-ring (bicyclic) bond motifs is 6. The molecular formula is C28H31N. The van der Waals surface area contributed by atoms with Crippen LogP contribution in [0, 0.1) is 11.8 Å². The van der Waals surface area contributed by atoms with E-state index in [0.717, 1.165) is 23.4 Å². The molecule has 3 aliphatic carbocycles. The van der Waals surface area contributed by atoms with Crippen molar-refractivity contribution in [3.05, 3.63) is 78.5 Å². The molecule has 0 saturated heterocycles. The Morgan fingerprint density at radius 1 is 0.621 bits per heavy atom. The average Bonchev–Trinajstić information content (AvgIpc) is 2.73. The molecule has 2 aromatic carbocycles. The van der Waals surface area contributed by atoms with Gasteiger partial charge in [0.25, 0.3) is 0 Å². The maximum atomic E-state index is 4.61. The van der Waals surface area contributed by atoms with Crippen molar-refractivity contribution < 1.29 is 0 Å². The Morgan fingerprint density at radius 2 is 1.28 bits per heavy atom. The molecule has 6 rings (SSSR count). The van der Waals surface area contributed by atoms with Gasteiger partial charge in [-0.2, -0.15) is 0 Å². The second kappa shape index (κ2) is 8.53. The van der Waals surface area contributed by atoms with E-state index in [0.29, 0.717) is 0 Å². The predicted molar refractivity (Wildman–Crippen MR) is 122 cm³/mol. The summed E-state index contributed by atoms with van der Waals surface area (Å²) in [6.45, 7) is 0. The topological polar surface area (TPSA) is 12.9 Å². The minimum absolute atomic E-state index is 0.737. The Hall–Kier alpha value is -2.41. The summed E-state index contributed by atoms with van der Waals surface area (Å²) in [7, 11) is 0. The fraction of sp³-hybridized carbons (Fsp3) is 0.393. The number of nitrogens with zero attached hydrogens (tertiary/aromatic N) is 1.